The molecule has 0 fully saturated rings. The summed E-state index contributed by atoms with van der Waals surface area (Å²) < 4.78 is 10.8. The summed E-state index contributed by atoms with van der Waals surface area (Å²) in [6.07, 6.45) is 1.14. The van der Waals surface area contributed by atoms with E-state index in [1.54, 1.807) is 7.11 Å². The van der Waals surface area contributed by atoms with Crippen LogP contribution in [0.4, 0.5) is 0 Å². The van der Waals surface area contributed by atoms with E-state index in [-0.39, 0.29) is 0 Å². The van der Waals surface area contributed by atoms with Gasteiger partial charge in [0.2, 0.25) is 0 Å². The molecule has 2 atom stereocenters. The standard InChI is InChI=1S/C13H23NO2/c1-5-10(3)13(14-6-2)12-8-7-11(16-12)9-15-4/h7-8,10,13-14H,5-6,9H2,1-4H3. The summed E-state index contributed by atoms with van der Waals surface area (Å²) >= 11 is 0. The summed E-state index contributed by atoms with van der Waals surface area (Å²) in [5.74, 6) is 2.48. The summed E-state index contributed by atoms with van der Waals surface area (Å²) in [5, 5.41) is 3.47. The summed E-state index contributed by atoms with van der Waals surface area (Å²) in [7, 11) is 1.68. The van der Waals surface area contributed by atoms with Gasteiger partial charge in [-0.05, 0) is 24.6 Å². The molecule has 0 saturated carbocycles. The van der Waals surface area contributed by atoms with Gasteiger partial charge in [-0.3, -0.25) is 0 Å². The van der Waals surface area contributed by atoms with Crippen LogP contribution in [0.25, 0.3) is 0 Å². The van der Waals surface area contributed by atoms with Crippen molar-refractivity contribution < 1.29 is 9.15 Å². The molecule has 0 aliphatic heterocycles. The minimum Gasteiger partial charge on any atom is -0.462 e. The smallest absolute Gasteiger partial charge is 0.129 e. The Kier molecular flexibility index (Phi) is 5.56. The fourth-order valence-electron chi connectivity index (χ4n) is 1.82. The first kappa shape index (κ1) is 13.3. The van der Waals surface area contributed by atoms with Crippen LogP contribution >= 0.6 is 0 Å². The molecule has 1 heterocycles. The van der Waals surface area contributed by atoms with Crippen molar-refractivity contribution >= 4 is 0 Å². The predicted molar refractivity (Wildman–Crippen MR) is 65.3 cm³/mol. The first-order valence-corrected chi connectivity index (χ1v) is 6.03. The second kappa shape index (κ2) is 6.71. The number of hydrogen-bond donors (Lipinski definition) is 1. The van der Waals surface area contributed by atoms with Crippen LogP contribution in [-0.4, -0.2) is 13.7 Å². The number of furan rings is 1. The fourth-order valence-corrected chi connectivity index (χ4v) is 1.82. The molecule has 0 aliphatic rings. The SMILES string of the molecule is CCNC(c1ccc(COC)o1)C(C)CC. The summed E-state index contributed by atoms with van der Waals surface area (Å²) in [4.78, 5) is 0. The lowest BCUT2D eigenvalue weighted by atomic mass is 9.97. The van der Waals surface area contributed by atoms with Gasteiger partial charge in [0.15, 0.2) is 0 Å². The van der Waals surface area contributed by atoms with Crippen molar-refractivity contribution in [2.45, 2.75) is 39.8 Å². The minimum atomic E-state index is 0.306. The van der Waals surface area contributed by atoms with Crippen LogP contribution < -0.4 is 5.32 Å². The molecular formula is C13H23NO2. The van der Waals surface area contributed by atoms with Crippen LogP contribution in [0.15, 0.2) is 16.5 Å². The Morgan fingerprint density at radius 1 is 1.38 bits per heavy atom. The Balaban J connectivity index is 2.75. The van der Waals surface area contributed by atoms with Gasteiger partial charge in [-0.1, -0.05) is 27.2 Å². The van der Waals surface area contributed by atoms with Crippen LogP contribution in [0.2, 0.25) is 0 Å². The lowest BCUT2D eigenvalue weighted by Gasteiger charge is -2.21. The molecule has 0 spiro atoms. The zero-order valence-electron chi connectivity index (χ0n) is 10.7. The highest BCUT2D eigenvalue weighted by Gasteiger charge is 2.20. The van der Waals surface area contributed by atoms with Crippen molar-refractivity contribution in [3.8, 4) is 0 Å². The molecule has 1 rings (SSSR count). The average molecular weight is 225 g/mol. The molecule has 0 aromatic carbocycles. The summed E-state index contributed by atoms with van der Waals surface area (Å²) in [5.41, 5.74) is 0. The van der Waals surface area contributed by atoms with Crippen LogP contribution in [0.3, 0.4) is 0 Å². The van der Waals surface area contributed by atoms with Gasteiger partial charge in [-0.25, -0.2) is 0 Å². The number of methoxy groups -OCH3 is 1. The highest BCUT2D eigenvalue weighted by atomic mass is 16.5. The monoisotopic (exact) mass is 225 g/mol. The molecule has 0 aliphatic carbocycles. The number of ether oxygens (including phenoxy) is 1. The Morgan fingerprint density at radius 3 is 2.69 bits per heavy atom. The van der Waals surface area contributed by atoms with Crippen molar-refractivity contribution in [1.29, 1.82) is 0 Å². The Morgan fingerprint density at radius 2 is 2.12 bits per heavy atom. The van der Waals surface area contributed by atoms with Crippen molar-refractivity contribution in [3.63, 3.8) is 0 Å². The molecule has 1 N–H and O–H groups in total. The predicted octanol–water partition coefficient (Wildman–Crippen LogP) is 3.12. The number of rotatable bonds is 7. The van der Waals surface area contributed by atoms with Gasteiger partial charge >= 0.3 is 0 Å². The molecule has 16 heavy (non-hydrogen) atoms. The van der Waals surface area contributed by atoms with E-state index >= 15 is 0 Å². The van der Waals surface area contributed by atoms with E-state index in [0.717, 1.165) is 24.5 Å². The maximum Gasteiger partial charge on any atom is 0.129 e. The van der Waals surface area contributed by atoms with Gasteiger partial charge in [0.1, 0.15) is 18.1 Å². The molecular weight excluding hydrogens is 202 g/mol. The van der Waals surface area contributed by atoms with E-state index < -0.39 is 0 Å². The highest BCUT2D eigenvalue weighted by molar-refractivity contribution is 5.11. The second-order valence-electron chi connectivity index (χ2n) is 4.16. The second-order valence-corrected chi connectivity index (χ2v) is 4.16. The van der Waals surface area contributed by atoms with E-state index in [1.165, 1.54) is 0 Å². The number of nitrogens with one attached hydrogen (secondary N) is 1. The van der Waals surface area contributed by atoms with E-state index in [1.807, 2.05) is 12.1 Å². The largest absolute Gasteiger partial charge is 0.462 e. The van der Waals surface area contributed by atoms with E-state index in [4.69, 9.17) is 9.15 Å². The maximum atomic E-state index is 5.77. The van der Waals surface area contributed by atoms with Crippen molar-refractivity contribution in [1.82, 2.24) is 5.32 Å². The highest BCUT2D eigenvalue weighted by Crippen LogP contribution is 2.26. The molecule has 0 amide bonds. The molecule has 3 nitrogen and oxygen atoms in total. The molecule has 0 radical (unpaired) electrons. The van der Waals surface area contributed by atoms with Crippen LogP contribution in [0, 0.1) is 5.92 Å². The Labute approximate surface area is 98.2 Å². The third kappa shape index (κ3) is 3.35. The lowest BCUT2D eigenvalue weighted by molar-refractivity contribution is 0.160. The van der Waals surface area contributed by atoms with Crippen LogP contribution in [0.5, 0.6) is 0 Å². The van der Waals surface area contributed by atoms with Gasteiger partial charge in [-0.2, -0.15) is 0 Å². The summed E-state index contributed by atoms with van der Waals surface area (Å²) in [6, 6.07) is 4.35. The molecule has 1 aromatic rings. The summed E-state index contributed by atoms with van der Waals surface area (Å²) in [6.45, 7) is 8.06. The van der Waals surface area contributed by atoms with Gasteiger partial charge in [-0.15, -0.1) is 0 Å². The van der Waals surface area contributed by atoms with Crippen molar-refractivity contribution in [3.05, 3.63) is 23.7 Å². The average Bonchev–Trinajstić information content (AvgIpc) is 2.74. The molecule has 1 aromatic heterocycles. The lowest BCUT2D eigenvalue weighted by Crippen LogP contribution is -2.26. The Hall–Kier alpha value is -0.800. The first-order valence-electron chi connectivity index (χ1n) is 6.03. The van der Waals surface area contributed by atoms with Gasteiger partial charge in [0, 0.05) is 7.11 Å². The third-order valence-electron chi connectivity index (χ3n) is 2.91. The van der Waals surface area contributed by atoms with E-state index in [2.05, 4.69) is 26.1 Å². The van der Waals surface area contributed by atoms with Crippen molar-refractivity contribution in [2.24, 2.45) is 5.92 Å². The zero-order chi connectivity index (χ0) is 12.0. The normalized spacial score (nSPS) is 15.0. The number of hydrogen-bond acceptors (Lipinski definition) is 3. The minimum absolute atomic E-state index is 0.306. The molecule has 2 unspecified atom stereocenters. The van der Waals surface area contributed by atoms with E-state index in [9.17, 15) is 0 Å². The van der Waals surface area contributed by atoms with Gasteiger partial charge in [0.25, 0.3) is 0 Å². The molecule has 0 saturated heterocycles. The molecule has 3 heteroatoms. The fraction of sp³-hybridized carbons (Fsp3) is 0.692. The quantitative estimate of drug-likeness (QED) is 0.774. The Bertz CT molecular complexity index is 296. The van der Waals surface area contributed by atoms with Crippen LogP contribution in [-0.2, 0) is 11.3 Å². The van der Waals surface area contributed by atoms with Crippen molar-refractivity contribution in [2.75, 3.05) is 13.7 Å². The maximum absolute atomic E-state index is 5.77. The van der Waals surface area contributed by atoms with Gasteiger partial charge < -0.3 is 14.5 Å². The first-order chi connectivity index (χ1) is 7.72. The van der Waals surface area contributed by atoms with Crippen LogP contribution in [0.1, 0.15) is 44.8 Å². The molecule has 92 valence electrons. The zero-order valence-corrected chi connectivity index (χ0v) is 10.7. The topological polar surface area (TPSA) is 34.4 Å². The molecule has 0 bridgehead atoms. The van der Waals surface area contributed by atoms with Gasteiger partial charge in [0.05, 0.1) is 6.04 Å². The third-order valence-corrected chi connectivity index (χ3v) is 2.91. The van der Waals surface area contributed by atoms with E-state index in [0.29, 0.717) is 18.6 Å².